The number of hydrogen-bond acceptors (Lipinski definition) is 2. The van der Waals surface area contributed by atoms with Crippen LogP contribution in [0, 0.1) is 0 Å². The zero-order valence-electron chi connectivity index (χ0n) is 9.91. The van der Waals surface area contributed by atoms with Crippen LogP contribution in [-0.2, 0) is 0 Å². The molecular weight excluding hydrogens is 198 g/mol. The Hall–Kier alpha value is -1.31. The van der Waals surface area contributed by atoms with Crippen molar-refractivity contribution in [2.75, 3.05) is 18.0 Å². The van der Waals surface area contributed by atoms with Gasteiger partial charge in [-0.05, 0) is 43.5 Å². The molecular formula is C14H19NO. The van der Waals surface area contributed by atoms with Crippen LogP contribution in [0.1, 0.15) is 43.0 Å². The molecule has 0 aromatic heterocycles. The van der Waals surface area contributed by atoms with E-state index in [1.54, 1.807) is 0 Å². The van der Waals surface area contributed by atoms with E-state index in [1.165, 1.54) is 24.9 Å². The maximum absolute atomic E-state index is 11.5. The highest BCUT2D eigenvalue weighted by Crippen LogP contribution is 2.20. The number of Topliss-reactive ketones (excluding diaryl/α,β-unsaturated/α-hetero) is 1. The number of anilines is 1. The van der Waals surface area contributed by atoms with Crippen molar-refractivity contribution in [1.29, 1.82) is 0 Å². The molecule has 1 saturated heterocycles. The first-order chi connectivity index (χ1) is 7.81. The number of benzene rings is 1. The SMILES string of the molecule is CCC(=O)c1ccc(N2CCCCC2)cc1. The summed E-state index contributed by atoms with van der Waals surface area (Å²) in [7, 11) is 0. The average Bonchev–Trinajstić information content (AvgIpc) is 2.39. The van der Waals surface area contributed by atoms with Crippen LogP contribution in [0.15, 0.2) is 24.3 Å². The van der Waals surface area contributed by atoms with Crippen LogP contribution in [0.2, 0.25) is 0 Å². The Balaban J connectivity index is 2.09. The molecule has 1 aliphatic rings. The summed E-state index contributed by atoms with van der Waals surface area (Å²) < 4.78 is 0. The minimum Gasteiger partial charge on any atom is -0.372 e. The predicted octanol–water partition coefficient (Wildman–Crippen LogP) is 3.27. The van der Waals surface area contributed by atoms with Gasteiger partial charge in [-0.25, -0.2) is 0 Å². The standard InChI is InChI=1S/C14H19NO/c1-2-14(16)12-6-8-13(9-7-12)15-10-4-3-5-11-15/h6-9H,2-5,10-11H2,1H3. The fourth-order valence-electron chi connectivity index (χ4n) is 2.21. The lowest BCUT2D eigenvalue weighted by Gasteiger charge is -2.28. The molecule has 0 radical (unpaired) electrons. The third-order valence-corrected chi connectivity index (χ3v) is 3.23. The van der Waals surface area contributed by atoms with Gasteiger partial charge in [0.2, 0.25) is 0 Å². The van der Waals surface area contributed by atoms with E-state index in [-0.39, 0.29) is 5.78 Å². The third kappa shape index (κ3) is 2.43. The molecule has 0 unspecified atom stereocenters. The molecule has 2 heteroatoms. The quantitative estimate of drug-likeness (QED) is 0.724. The van der Waals surface area contributed by atoms with Gasteiger partial charge < -0.3 is 4.90 Å². The Morgan fingerprint density at radius 1 is 1.12 bits per heavy atom. The molecule has 1 aromatic rings. The van der Waals surface area contributed by atoms with Crippen molar-refractivity contribution < 1.29 is 4.79 Å². The van der Waals surface area contributed by atoms with Gasteiger partial charge in [-0.2, -0.15) is 0 Å². The van der Waals surface area contributed by atoms with Crippen LogP contribution in [0.4, 0.5) is 5.69 Å². The smallest absolute Gasteiger partial charge is 0.162 e. The third-order valence-electron chi connectivity index (χ3n) is 3.23. The minimum absolute atomic E-state index is 0.227. The number of rotatable bonds is 3. The van der Waals surface area contributed by atoms with Crippen molar-refractivity contribution in [3.05, 3.63) is 29.8 Å². The number of ketones is 1. The van der Waals surface area contributed by atoms with Gasteiger partial charge in [0.1, 0.15) is 0 Å². The topological polar surface area (TPSA) is 20.3 Å². The summed E-state index contributed by atoms with van der Waals surface area (Å²) in [5, 5.41) is 0. The largest absolute Gasteiger partial charge is 0.372 e. The first-order valence-corrected chi connectivity index (χ1v) is 6.19. The molecule has 86 valence electrons. The minimum atomic E-state index is 0.227. The summed E-state index contributed by atoms with van der Waals surface area (Å²) in [4.78, 5) is 13.9. The van der Waals surface area contributed by atoms with E-state index in [2.05, 4.69) is 17.0 Å². The van der Waals surface area contributed by atoms with Crippen LogP contribution < -0.4 is 4.90 Å². The maximum atomic E-state index is 11.5. The zero-order chi connectivity index (χ0) is 11.4. The molecule has 0 saturated carbocycles. The summed E-state index contributed by atoms with van der Waals surface area (Å²) in [6, 6.07) is 8.06. The molecule has 0 spiro atoms. The van der Waals surface area contributed by atoms with Crippen molar-refractivity contribution in [2.45, 2.75) is 32.6 Å². The summed E-state index contributed by atoms with van der Waals surface area (Å²) >= 11 is 0. The summed E-state index contributed by atoms with van der Waals surface area (Å²) in [6.07, 6.45) is 4.51. The Bertz CT molecular complexity index is 350. The molecule has 0 N–H and O–H groups in total. The van der Waals surface area contributed by atoms with Crippen molar-refractivity contribution >= 4 is 11.5 Å². The molecule has 1 heterocycles. The zero-order valence-corrected chi connectivity index (χ0v) is 9.91. The highest BCUT2D eigenvalue weighted by Gasteiger charge is 2.11. The highest BCUT2D eigenvalue weighted by molar-refractivity contribution is 5.96. The number of nitrogens with zero attached hydrogens (tertiary/aromatic N) is 1. The number of hydrogen-bond donors (Lipinski definition) is 0. The summed E-state index contributed by atoms with van der Waals surface area (Å²) in [6.45, 7) is 4.21. The van der Waals surface area contributed by atoms with E-state index in [4.69, 9.17) is 0 Å². The van der Waals surface area contributed by atoms with Gasteiger partial charge in [0.05, 0.1) is 0 Å². The van der Waals surface area contributed by atoms with Crippen molar-refractivity contribution in [1.82, 2.24) is 0 Å². The number of carbonyl (C=O) groups excluding carboxylic acids is 1. The van der Waals surface area contributed by atoms with Crippen LogP contribution >= 0.6 is 0 Å². The lowest BCUT2D eigenvalue weighted by molar-refractivity contribution is 0.0988. The van der Waals surface area contributed by atoms with Gasteiger partial charge in [-0.3, -0.25) is 4.79 Å². The second-order valence-corrected chi connectivity index (χ2v) is 4.37. The Labute approximate surface area is 97.3 Å². The molecule has 16 heavy (non-hydrogen) atoms. The van der Waals surface area contributed by atoms with E-state index in [1.807, 2.05) is 19.1 Å². The molecule has 1 aliphatic heterocycles. The second-order valence-electron chi connectivity index (χ2n) is 4.37. The van der Waals surface area contributed by atoms with E-state index < -0.39 is 0 Å². The van der Waals surface area contributed by atoms with Crippen LogP contribution in [0.5, 0.6) is 0 Å². The lowest BCUT2D eigenvalue weighted by atomic mass is 10.1. The van der Waals surface area contributed by atoms with E-state index >= 15 is 0 Å². The van der Waals surface area contributed by atoms with E-state index in [0.717, 1.165) is 18.7 Å². The monoisotopic (exact) mass is 217 g/mol. The molecule has 2 rings (SSSR count). The van der Waals surface area contributed by atoms with Crippen molar-refractivity contribution in [2.24, 2.45) is 0 Å². The molecule has 0 aliphatic carbocycles. The highest BCUT2D eigenvalue weighted by atomic mass is 16.1. The number of piperidine rings is 1. The maximum Gasteiger partial charge on any atom is 0.162 e. The van der Waals surface area contributed by atoms with Gasteiger partial charge in [0.15, 0.2) is 5.78 Å². The van der Waals surface area contributed by atoms with E-state index in [0.29, 0.717) is 6.42 Å². The molecule has 0 bridgehead atoms. The summed E-state index contributed by atoms with van der Waals surface area (Å²) in [5.41, 5.74) is 2.09. The predicted molar refractivity (Wildman–Crippen MR) is 67.1 cm³/mol. The van der Waals surface area contributed by atoms with Gasteiger partial charge in [0.25, 0.3) is 0 Å². The molecule has 1 fully saturated rings. The van der Waals surface area contributed by atoms with Crippen LogP contribution in [-0.4, -0.2) is 18.9 Å². The molecule has 2 nitrogen and oxygen atoms in total. The van der Waals surface area contributed by atoms with Gasteiger partial charge in [0, 0.05) is 30.8 Å². The Morgan fingerprint density at radius 3 is 2.31 bits per heavy atom. The van der Waals surface area contributed by atoms with Gasteiger partial charge in [-0.15, -0.1) is 0 Å². The van der Waals surface area contributed by atoms with Crippen molar-refractivity contribution in [3.8, 4) is 0 Å². The first-order valence-electron chi connectivity index (χ1n) is 6.19. The normalized spacial score (nSPS) is 16.2. The van der Waals surface area contributed by atoms with Crippen molar-refractivity contribution in [3.63, 3.8) is 0 Å². The molecule has 1 aromatic carbocycles. The lowest BCUT2D eigenvalue weighted by Crippen LogP contribution is -2.29. The molecule has 0 atom stereocenters. The average molecular weight is 217 g/mol. The fourth-order valence-corrected chi connectivity index (χ4v) is 2.21. The molecule has 0 amide bonds. The fraction of sp³-hybridized carbons (Fsp3) is 0.500. The Morgan fingerprint density at radius 2 is 1.75 bits per heavy atom. The summed E-state index contributed by atoms with van der Waals surface area (Å²) in [5.74, 6) is 0.227. The number of carbonyl (C=O) groups is 1. The van der Waals surface area contributed by atoms with Crippen LogP contribution in [0.25, 0.3) is 0 Å². The first kappa shape index (κ1) is 11.2. The van der Waals surface area contributed by atoms with E-state index in [9.17, 15) is 4.79 Å². The van der Waals surface area contributed by atoms with Gasteiger partial charge in [-0.1, -0.05) is 6.92 Å². The Kier molecular flexibility index (Phi) is 3.60. The van der Waals surface area contributed by atoms with Crippen LogP contribution in [0.3, 0.4) is 0 Å². The second kappa shape index (κ2) is 5.15. The van der Waals surface area contributed by atoms with Gasteiger partial charge >= 0.3 is 0 Å².